The first-order valence-corrected chi connectivity index (χ1v) is 27.6. The van der Waals surface area contributed by atoms with Crippen molar-refractivity contribution in [3.63, 3.8) is 0 Å². The van der Waals surface area contributed by atoms with Gasteiger partial charge in [0.25, 0.3) is 0 Å². The zero-order valence-corrected chi connectivity index (χ0v) is 49.2. The summed E-state index contributed by atoms with van der Waals surface area (Å²) in [5, 5.41) is 14.8. The zero-order chi connectivity index (χ0) is 56.8. The third-order valence-corrected chi connectivity index (χ3v) is 15.4. The van der Waals surface area contributed by atoms with Gasteiger partial charge in [0.15, 0.2) is 0 Å². The van der Waals surface area contributed by atoms with E-state index >= 15 is 0 Å². The summed E-state index contributed by atoms with van der Waals surface area (Å²) in [4.78, 5) is 22.6. The van der Waals surface area contributed by atoms with Gasteiger partial charge in [-0.2, -0.15) is 0 Å². The topological polar surface area (TPSA) is 119 Å². The highest BCUT2D eigenvalue weighted by Crippen LogP contribution is 2.45. The van der Waals surface area contributed by atoms with E-state index in [1.807, 2.05) is 72.0 Å². The first-order valence-electron chi connectivity index (χ1n) is 27.6. The number of rotatable bonds is 12. The average molecular weight is 1070 g/mol. The molecule has 9 rings (SSSR count). The van der Waals surface area contributed by atoms with Crippen molar-refractivity contribution in [2.45, 2.75) is 144 Å². The maximum atomic E-state index is 13.2. The van der Waals surface area contributed by atoms with Crippen LogP contribution in [0.15, 0.2) is 110 Å². The van der Waals surface area contributed by atoms with Crippen LogP contribution in [0.25, 0.3) is 10.8 Å². The molecule has 0 fully saturated rings. The molecule has 0 saturated carbocycles. The first-order chi connectivity index (χ1) is 37.2. The molecule has 0 spiro atoms. The van der Waals surface area contributed by atoms with Gasteiger partial charge in [0, 0.05) is 64.6 Å². The van der Waals surface area contributed by atoms with E-state index in [4.69, 9.17) is 28.7 Å². The van der Waals surface area contributed by atoms with Gasteiger partial charge >= 0.3 is 5.97 Å². The van der Waals surface area contributed by atoms with Gasteiger partial charge in [-0.25, -0.2) is 14.8 Å². The van der Waals surface area contributed by atoms with E-state index in [-0.39, 0.29) is 53.8 Å². The van der Waals surface area contributed by atoms with Gasteiger partial charge in [0.1, 0.15) is 72.4 Å². The highest BCUT2D eigenvalue weighted by molar-refractivity contribution is 5.98. The third kappa shape index (κ3) is 12.5. The lowest BCUT2D eigenvalue weighted by Crippen LogP contribution is -2.18. The van der Waals surface area contributed by atoms with Crippen LogP contribution in [0.3, 0.4) is 0 Å². The number of ether oxygens (including phenoxy) is 5. The second-order valence-electron chi connectivity index (χ2n) is 25.6. The fraction of sp³-hybridized carbons (Fsp3) is 0.397. The maximum absolute atomic E-state index is 13.2. The SMILES string of the molecule is COC(=O)c1cc2ccccc2cc1OCCOc1c2cc(C(C)(C)C)cc1Cc1cc(C(C)(C)C)cc(c1OCc1nccn1C)Cc1cc(C(C)(C)C)cc(c1OCc1nccn1C)Cc1cc(C(C)(C)C)cc(c1O)C2. The number of hydrogen-bond acceptors (Lipinski definition) is 9. The summed E-state index contributed by atoms with van der Waals surface area (Å²) in [6.07, 6.45) is 9.20. The third-order valence-electron chi connectivity index (χ3n) is 15.4. The van der Waals surface area contributed by atoms with Crippen LogP contribution in [-0.4, -0.2) is 50.5 Å². The molecular formula is C68H80N4O7. The van der Waals surface area contributed by atoms with E-state index in [0.717, 1.165) is 95.1 Å². The molecular weight excluding hydrogens is 985 g/mol. The number of aromatic nitrogens is 4. The first kappa shape index (κ1) is 56.2. The van der Waals surface area contributed by atoms with Crippen LogP contribution in [0, 0.1) is 0 Å². The summed E-state index contributed by atoms with van der Waals surface area (Å²) in [5.74, 6) is 4.04. The number of fused-ring (bicyclic) bond motifs is 9. The summed E-state index contributed by atoms with van der Waals surface area (Å²) in [6.45, 7) is 27.7. The quantitative estimate of drug-likeness (QED) is 0.0942. The summed E-state index contributed by atoms with van der Waals surface area (Å²) in [5.41, 5.74) is 11.4. The van der Waals surface area contributed by atoms with E-state index < -0.39 is 5.97 Å². The van der Waals surface area contributed by atoms with E-state index in [1.165, 1.54) is 12.7 Å². The second kappa shape index (κ2) is 22.0. The Morgan fingerprint density at radius 3 is 1.19 bits per heavy atom. The van der Waals surface area contributed by atoms with Gasteiger partial charge in [-0.05, 0) is 111 Å². The maximum Gasteiger partial charge on any atom is 0.341 e. The lowest BCUT2D eigenvalue weighted by Gasteiger charge is -2.29. The van der Waals surface area contributed by atoms with E-state index in [0.29, 0.717) is 42.7 Å². The summed E-state index contributed by atoms with van der Waals surface area (Å²) >= 11 is 0. The Balaban J connectivity index is 1.29. The van der Waals surface area contributed by atoms with Crippen LogP contribution in [0.5, 0.6) is 28.7 Å². The number of nitrogens with zero attached hydrogens (tertiary/aromatic N) is 4. The van der Waals surface area contributed by atoms with Crippen molar-refractivity contribution < 1.29 is 33.6 Å². The number of imidazole rings is 2. The normalized spacial score (nSPS) is 13.1. The minimum atomic E-state index is -0.479. The minimum absolute atomic E-state index is 0.137. The van der Waals surface area contributed by atoms with Crippen LogP contribution in [0.2, 0.25) is 0 Å². The average Bonchev–Trinajstić information content (AvgIpc) is 4.04. The van der Waals surface area contributed by atoms with Crippen molar-refractivity contribution in [3.05, 3.63) is 194 Å². The van der Waals surface area contributed by atoms with Crippen molar-refractivity contribution >= 4 is 16.7 Å². The number of carbonyl (C=O) groups is 1. The Morgan fingerprint density at radius 2 is 0.835 bits per heavy atom. The zero-order valence-electron chi connectivity index (χ0n) is 49.2. The van der Waals surface area contributed by atoms with Crippen molar-refractivity contribution in [2.75, 3.05) is 20.3 Å². The number of hydrogen-bond donors (Lipinski definition) is 1. The molecule has 8 bridgehead atoms. The molecule has 0 radical (unpaired) electrons. The van der Waals surface area contributed by atoms with E-state index in [1.54, 1.807) is 12.4 Å². The van der Waals surface area contributed by atoms with Gasteiger partial charge in [0.2, 0.25) is 0 Å². The van der Waals surface area contributed by atoms with Crippen LogP contribution in [-0.2, 0) is 79.4 Å². The van der Waals surface area contributed by atoms with Crippen molar-refractivity contribution in [2.24, 2.45) is 14.1 Å². The number of methoxy groups -OCH3 is 1. The van der Waals surface area contributed by atoms with Crippen LogP contribution >= 0.6 is 0 Å². The Hall–Kier alpha value is -7.53. The molecule has 11 heteroatoms. The lowest BCUT2D eigenvalue weighted by atomic mass is 9.79. The number of phenolic OH excluding ortho intramolecular Hbond substituents is 1. The van der Waals surface area contributed by atoms with Crippen LogP contribution < -0.4 is 18.9 Å². The standard InChI is InChI=1S/C68H80N4O7/c1-65(2,3)52-30-44-26-46-32-53(66(4,5)6)34-48(61(46)77-25-24-76-57-39-43-19-17-16-18-42(43)38-56(57)64(74)75-15)28-49-35-55(68(10,11)12)37-51(63(49)79-41-59-70-21-23-72(59)14)29-50-36-54(67(7,8)9)33-47(27-45(31-52)60(44)73)62(50)78-40-58-69-20-22-71(58)13/h16-23,30-39,73H,24-29,40-41H2,1-15H3. The summed E-state index contributed by atoms with van der Waals surface area (Å²) in [7, 11) is 5.36. The molecule has 0 saturated heterocycles. The van der Waals surface area contributed by atoms with Gasteiger partial charge in [-0.15, -0.1) is 0 Å². The van der Waals surface area contributed by atoms with Gasteiger partial charge in [-0.1, -0.05) is 156 Å². The smallest absolute Gasteiger partial charge is 0.341 e. The van der Waals surface area contributed by atoms with Crippen LogP contribution in [0.4, 0.5) is 0 Å². The fourth-order valence-electron chi connectivity index (χ4n) is 10.4. The number of aromatic hydroxyl groups is 1. The largest absolute Gasteiger partial charge is 0.507 e. The van der Waals surface area contributed by atoms with Crippen LogP contribution in [0.1, 0.15) is 172 Å². The molecule has 1 aliphatic carbocycles. The van der Waals surface area contributed by atoms with Gasteiger partial charge < -0.3 is 37.9 Å². The molecule has 2 aromatic heterocycles. The summed E-state index contributed by atoms with van der Waals surface area (Å²) < 4.78 is 37.1. The number of aryl methyl sites for hydroxylation is 2. The molecule has 414 valence electrons. The van der Waals surface area contributed by atoms with E-state index in [9.17, 15) is 9.90 Å². The molecule has 6 aromatic carbocycles. The number of esters is 1. The Bertz CT molecular complexity index is 3550. The molecule has 0 aliphatic heterocycles. The Kier molecular flexibility index (Phi) is 15.6. The molecule has 8 aromatic rings. The van der Waals surface area contributed by atoms with E-state index in [2.05, 4.69) is 137 Å². The van der Waals surface area contributed by atoms with Crippen molar-refractivity contribution in [1.29, 1.82) is 0 Å². The molecule has 2 heterocycles. The summed E-state index contributed by atoms with van der Waals surface area (Å²) in [6, 6.07) is 29.7. The fourth-order valence-corrected chi connectivity index (χ4v) is 10.4. The number of benzene rings is 6. The molecule has 11 nitrogen and oxygen atoms in total. The molecule has 0 unspecified atom stereocenters. The monoisotopic (exact) mass is 1060 g/mol. The number of carbonyl (C=O) groups excluding carboxylic acids is 1. The molecule has 79 heavy (non-hydrogen) atoms. The predicted octanol–water partition coefficient (Wildman–Crippen LogP) is 14.3. The minimum Gasteiger partial charge on any atom is -0.507 e. The van der Waals surface area contributed by atoms with Crippen molar-refractivity contribution in [1.82, 2.24) is 19.1 Å². The Labute approximate surface area is 467 Å². The highest BCUT2D eigenvalue weighted by atomic mass is 16.5. The second-order valence-corrected chi connectivity index (χ2v) is 25.6. The van der Waals surface area contributed by atoms with Crippen molar-refractivity contribution in [3.8, 4) is 28.7 Å². The Morgan fingerprint density at radius 1 is 0.494 bits per heavy atom. The van der Waals surface area contributed by atoms with Gasteiger partial charge in [-0.3, -0.25) is 0 Å². The molecule has 1 aliphatic rings. The highest BCUT2D eigenvalue weighted by Gasteiger charge is 2.30. The molecule has 0 atom stereocenters. The predicted molar refractivity (Wildman–Crippen MR) is 315 cm³/mol. The molecule has 0 amide bonds. The van der Waals surface area contributed by atoms with Gasteiger partial charge in [0.05, 0.1) is 7.11 Å². The lowest BCUT2D eigenvalue weighted by molar-refractivity contribution is 0.0595. The number of phenols is 1. The molecule has 1 N–H and O–H groups in total.